The molecule has 16 heavy (non-hydrogen) atoms. The molecule has 1 unspecified atom stereocenters. The molecule has 0 N–H and O–H groups in total. The maximum Gasteiger partial charge on any atom is 0.242 e. The summed E-state index contributed by atoms with van der Waals surface area (Å²) in [5, 5.41) is 7.29. The number of rotatable bonds is 4. The van der Waals surface area contributed by atoms with E-state index in [4.69, 9.17) is 20.8 Å². The molecule has 1 aromatic carbocycles. The second kappa shape index (κ2) is 5.09. The number of halogens is 1. The molecule has 0 saturated carbocycles. The van der Waals surface area contributed by atoms with Gasteiger partial charge in [-0.15, -0.1) is 21.8 Å². The zero-order chi connectivity index (χ0) is 11.4. The van der Waals surface area contributed by atoms with Crippen LogP contribution in [-0.4, -0.2) is 17.3 Å². The van der Waals surface area contributed by atoms with Gasteiger partial charge >= 0.3 is 0 Å². The van der Waals surface area contributed by atoms with Crippen molar-refractivity contribution in [2.24, 2.45) is 0 Å². The normalized spacial score (nSPS) is 12.6. The Kier molecular flexibility index (Phi) is 3.54. The predicted octanol–water partition coefficient (Wildman–Crippen LogP) is 2.54. The van der Waals surface area contributed by atoms with Gasteiger partial charge < -0.3 is 9.15 Å². The zero-order valence-electron chi connectivity index (χ0n) is 8.76. The molecule has 0 amide bonds. The molecule has 0 radical (unpaired) electrons. The van der Waals surface area contributed by atoms with Crippen LogP contribution in [0.2, 0.25) is 0 Å². The average Bonchev–Trinajstić information content (AvgIpc) is 2.78. The molecule has 1 heterocycles. The Labute approximate surface area is 98.2 Å². The lowest BCUT2D eigenvalue weighted by Gasteiger charge is -2.03. The summed E-state index contributed by atoms with van der Waals surface area (Å²) in [7, 11) is 1.57. The second-order valence-electron chi connectivity index (χ2n) is 3.24. The molecular formula is C11H11ClN2O2. The molecule has 2 aromatic rings. The number of aromatic nitrogens is 2. The van der Waals surface area contributed by atoms with Crippen molar-refractivity contribution in [2.45, 2.75) is 12.0 Å². The highest BCUT2D eigenvalue weighted by Gasteiger charge is 2.17. The summed E-state index contributed by atoms with van der Waals surface area (Å²) in [6, 6.07) is 9.58. The van der Waals surface area contributed by atoms with Crippen molar-refractivity contribution in [2.75, 3.05) is 7.11 Å². The van der Waals surface area contributed by atoms with E-state index in [0.717, 1.165) is 5.56 Å². The van der Waals surface area contributed by atoms with Crippen molar-refractivity contribution in [1.82, 2.24) is 10.2 Å². The molecule has 0 aliphatic rings. The van der Waals surface area contributed by atoms with Crippen LogP contribution in [0.15, 0.2) is 34.7 Å². The predicted molar refractivity (Wildman–Crippen MR) is 59.1 cm³/mol. The quantitative estimate of drug-likeness (QED) is 0.768. The van der Waals surface area contributed by atoms with Crippen molar-refractivity contribution >= 4 is 11.6 Å². The Hall–Kier alpha value is -1.39. The third-order valence-electron chi connectivity index (χ3n) is 2.06. The first-order valence-electron chi connectivity index (χ1n) is 4.81. The van der Waals surface area contributed by atoms with Crippen molar-refractivity contribution in [3.8, 4) is 0 Å². The van der Waals surface area contributed by atoms with Crippen molar-refractivity contribution < 1.29 is 9.15 Å². The van der Waals surface area contributed by atoms with E-state index >= 15 is 0 Å². The molecule has 84 valence electrons. The highest BCUT2D eigenvalue weighted by Crippen LogP contribution is 2.27. The number of ether oxygens (including phenoxy) is 1. The standard InChI is InChI=1S/C11H11ClN2O2/c1-15-7-9-13-14-11(16-9)10(12)8-5-3-2-4-6-8/h2-6,10H,7H2,1H3. The van der Waals surface area contributed by atoms with E-state index in [2.05, 4.69) is 10.2 Å². The van der Waals surface area contributed by atoms with Crippen LogP contribution in [0.5, 0.6) is 0 Å². The molecule has 1 atom stereocenters. The third-order valence-corrected chi connectivity index (χ3v) is 2.50. The monoisotopic (exact) mass is 238 g/mol. The maximum absolute atomic E-state index is 6.21. The second-order valence-corrected chi connectivity index (χ2v) is 3.68. The minimum Gasteiger partial charge on any atom is -0.421 e. The first kappa shape index (κ1) is 11.1. The summed E-state index contributed by atoms with van der Waals surface area (Å²) in [5.74, 6) is 0.819. The highest BCUT2D eigenvalue weighted by atomic mass is 35.5. The van der Waals surface area contributed by atoms with E-state index < -0.39 is 5.38 Å². The van der Waals surface area contributed by atoms with Gasteiger partial charge in [-0.05, 0) is 5.56 Å². The summed E-state index contributed by atoms with van der Waals surface area (Å²) in [6.07, 6.45) is 0. The van der Waals surface area contributed by atoms with Gasteiger partial charge in [0.25, 0.3) is 0 Å². The molecule has 5 heteroatoms. The van der Waals surface area contributed by atoms with Gasteiger partial charge in [-0.2, -0.15) is 0 Å². The Balaban J connectivity index is 2.17. The summed E-state index contributed by atoms with van der Waals surface area (Å²) in [4.78, 5) is 0. The number of methoxy groups -OCH3 is 1. The van der Waals surface area contributed by atoms with Crippen LogP contribution < -0.4 is 0 Å². The zero-order valence-corrected chi connectivity index (χ0v) is 9.52. The molecular weight excluding hydrogens is 228 g/mol. The van der Waals surface area contributed by atoms with Crippen molar-refractivity contribution in [3.63, 3.8) is 0 Å². The maximum atomic E-state index is 6.21. The third kappa shape index (κ3) is 2.40. The van der Waals surface area contributed by atoms with Crippen LogP contribution in [-0.2, 0) is 11.3 Å². The molecule has 1 aromatic heterocycles. The van der Waals surface area contributed by atoms with Crippen LogP contribution in [0.1, 0.15) is 22.7 Å². The van der Waals surface area contributed by atoms with Crippen LogP contribution in [0.4, 0.5) is 0 Å². The van der Waals surface area contributed by atoms with Gasteiger partial charge in [-0.25, -0.2) is 0 Å². The minimum atomic E-state index is -0.417. The lowest BCUT2D eigenvalue weighted by atomic mass is 10.1. The molecule has 0 spiro atoms. The Bertz CT molecular complexity index is 444. The van der Waals surface area contributed by atoms with E-state index in [-0.39, 0.29) is 0 Å². The number of nitrogens with zero attached hydrogens (tertiary/aromatic N) is 2. The molecule has 0 fully saturated rings. The topological polar surface area (TPSA) is 48.2 Å². The Morgan fingerprint density at radius 2 is 2.06 bits per heavy atom. The van der Waals surface area contributed by atoms with Gasteiger partial charge in [-0.1, -0.05) is 30.3 Å². The van der Waals surface area contributed by atoms with Crippen molar-refractivity contribution in [1.29, 1.82) is 0 Å². The van der Waals surface area contributed by atoms with Crippen LogP contribution >= 0.6 is 11.6 Å². The first-order valence-corrected chi connectivity index (χ1v) is 5.25. The molecule has 2 rings (SSSR count). The molecule has 0 saturated heterocycles. The van der Waals surface area contributed by atoms with Crippen LogP contribution in [0.25, 0.3) is 0 Å². The molecule has 0 aliphatic heterocycles. The van der Waals surface area contributed by atoms with Gasteiger partial charge in [0.05, 0.1) is 0 Å². The lowest BCUT2D eigenvalue weighted by molar-refractivity contribution is 0.158. The first-order chi connectivity index (χ1) is 7.81. The summed E-state index contributed by atoms with van der Waals surface area (Å²) in [5.41, 5.74) is 0.928. The van der Waals surface area contributed by atoms with E-state index in [1.54, 1.807) is 7.11 Å². The molecule has 0 aliphatic carbocycles. The minimum absolute atomic E-state index is 0.297. The summed E-state index contributed by atoms with van der Waals surface area (Å²) < 4.78 is 10.2. The number of hydrogen-bond acceptors (Lipinski definition) is 4. The van der Waals surface area contributed by atoms with Gasteiger partial charge in [0, 0.05) is 7.11 Å². The largest absolute Gasteiger partial charge is 0.421 e. The van der Waals surface area contributed by atoms with Crippen molar-refractivity contribution in [3.05, 3.63) is 47.7 Å². The number of hydrogen-bond donors (Lipinski definition) is 0. The number of alkyl halides is 1. The van der Waals surface area contributed by atoms with Gasteiger partial charge in [0.15, 0.2) is 0 Å². The van der Waals surface area contributed by atoms with Gasteiger partial charge in [-0.3, -0.25) is 0 Å². The average molecular weight is 239 g/mol. The SMILES string of the molecule is COCc1nnc(C(Cl)c2ccccc2)o1. The number of benzene rings is 1. The fraction of sp³-hybridized carbons (Fsp3) is 0.273. The van der Waals surface area contributed by atoms with E-state index in [0.29, 0.717) is 18.4 Å². The molecule has 0 bridgehead atoms. The Morgan fingerprint density at radius 3 is 2.75 bits per heavy atom. The summed E-state index contributed by atoms with van der Waals surface area (Å²) in [6.45, 7) is 0.297. The van der Waals surface area contributed by atoms with Gasteiger partial charge in [0.2, 0.25) is 11.8 Å². The fourth-order valence-corrected chi connectivity index (χ4v) is 1.55. The van der Waals surface area contributed by atoms with Crippen LogP contribution in [0, 0.1) is 0 Å². The fourth-order valence-electron chi connectivity index (χ4n) is 1.32. The van der Waals surface area contributed by atoms with Gasteiger partial charge in [0.1, 0.15) is 12.0 Å². The summed E-state index contributed by atoms with van der Waals surface area (Å²) >= 11 is 6.21. The van der Waals surface area contributed by atoms with E-state index in [1.165, 1.54) is 0 Å². The highest BCUT2D eigenvalue weighted by molar-refractivity contribution is 6.22. The smallest absolute Gasteiger partial charge is 0.242 e. The lowest BCUT2D eigenvalue weighted by Crippen LogP contribution is -1.92. The molecule has 4 nitrogen and oxygen atoms in total. The van der Waals surface area contributed by atoms with E-state index in [1.807, 2.05) is 30.3 Å². The van der Waals surface area contributed by atoms with Crippen LogP contribution in [0.3, 0.4) is 0 Å². The van der Waals surface area contributed by atoms with E-state index in [9.17, 15) is 0 Å². The Morgan fingerprint density at radius 1 is 1.31 bits per heavy atom.